The highest BCUT2D eigenvalue weighted by Gasteiger charge is 2.11. The molecule has 0 spiro atoms. The van der Waals surface area contributed by atoms with Gasteiger partial charge in [-0.2, -0.15) is 0 Å². The monoisotopic (exact) mass is 224 g/mol. The maximum Gasteiger partial charge on any atom is 0.0212 e. The van der Waals surface area contributed by atoms with Gasteiger partial charge in [-0.3, -0.25) is 0 Å². The number of halogens is 1. The molecule has 1 aliphatic rings. The lowest BCUT2D eigenvalue weighted by molar-refractivity contribution is 0.682. The number of rotatable bonds is 0. The fourth-order valence-corrected chi connectivity index (χ4v) is 2.78. The van der Waals surface area contributed by atoms with E-state index in [-0.39, 0.29) is 0 Å². The van der Waals surface area contributed by atoms with Gasteiger partial charge in [0, 0.05) is 4.47 Å². The highest BCUT2D eigenvalue weighted by atomic mass is 79.9. The van der Waals surface area contributed by atoms with E-state index in [0.717, 1.165) is 0 Å². The van der Waals surface area contributed by atoms with Crippen LogP contribution >= 0.6 is 15.9 Å². The maximum absolute atomic E-state index is 3.63. The first-order valence-electron chi connectivity index (χ1n) is 4.55. The summed E-state index contributed by atoms with van der Waals surface area (Å²) in [6.07, 6.45) is 5.25. The summed E-state index contributed by atoms with van der Waals surface area (Å²) in [7, 11) is 0. The van der Waals surface area contributed by atoms with Crippen LogP contribution in [-0.4, -0.2) is 0 Å². The minimum Gasteiger partial charge on any atom is -0.0557 e. The van der Waals surface area contributed by atoms with Crippen LogP contribution in [-0.2, 0) is 12.8 Å². The highest BCUT2D eigenvalue weighted by Crippen LogP contribution is 2.29. The molecule has 1 aliphatic carbocycles. The first kappa shape index (κ1) is 8.31. The van der Waals surface area contributed by atoms with Gasteiger partial charge in [-0.25, -0.2) is 0 Å². The molecular weight excluding hydrogens is 212 g/mol. The van der Waals surface area contributed by atoms with Crippen LogP contribution in [0, 0.1) is 6.92 Å². The molecule has 0 radical (unpaired) electrons. The predicted octanol–water partition coefficient (Wildman–Crippen LogP) is 3.64. The maximum atomic E-state index is 3.63. The SMILES string of the molecule is Cc1cc(Br)c2c(c1)CCCC2. The van der Waals surface area contributed by atoms with Crippen LogP contribution < -0.4 is 0 Å². The van der Waals surface area contributed by atoms with Crippen molar-refractivity contribution < 1.29 is 0 Å². The molecule has 2 rings (SSSR count). The van der Waals surface area contributed by atoms with Gasteiger partial charge in [0.1, 0.15) is 0 Å². The van der Waals surface area contributed by atoms with E-state index in [2.05, 4.69) is 35.0 Å². The molecule has 0 N–H and O–H groups in total. The van der Waals surface area contributed by atoms with Crippen molar-refractivity contribution >= 4 is 15.9 Å². The molecule has 0 saturated heterocycles. The second-order valence-electron chi connectivity index (χ2n) is 3.59. The molecule has 0 unspecified atom stereocenters. The van der Waals surface area contributed by atoms with Crippen LogP contribution in [0.5, 0.6) is 0 Å². The largest absolute Gasteiger partial charge is 0.0557 e. The third-order valence-corrected chi connectivity index (χ3v) is 3.26. The van der Waals surface area contributed by atoms with Gasteiger partial charge in [0.25, 0.3) is 0 Å². The van der Waals surface area contributed by atoms with Crippen molar-refractivity contribution in [1.82, 2.24) is 0 Å². The molecule has 0 nitrogen and oxygen atoms in total. The van der Waals surface area contributed by atoms with Gasteiger partial charge in [0.05, 0.1) is 0 Å². The van der Waals surface area contributed by atoms with Gasteiger partial charge in [-0.1, -0.05) is 22.0 Å². The molecule has 0 heterocycles. The van der Waals surface area contributed by atoms with Crippen LogP contribution in [0.3, 0.4) is 0 Å². The van der Waals surface area contributed by atoms with E-state index in [1.165, 1.54) is 35.7 Å². The minimum absolute atomic E-state index is 1.26. The molecular formula is C11H13Br. The van der Waals surface area contributed by atoms with E-state index in [1.807, 2.05) is 0 Å². The fraction of sp³-hybridized carbons (Fsp3) is 0.455. The number of hydrogen-bond acceptors (Lipinski definition) is 0. The topological polar surface area (TPSA) is 0 Å². The minimum atomic E-state index is 1.26. The van der Waals surface area contributed by atoms with Gasteiger partial charge in [0.15, 0.2) is 0 Å². The second-order valence-corrected chi connectivity index (χ2v) is 4.45. The average molecular weight is 225 g/mol. The first-order valence-corrected chi connectivity index (χ1v) is 5.34. The molecule has 0 atom stereocenters. The Hall–Kier alpha value is -0.300. The lowest BCUT2D eigenvalue weighted by Crippen LogP contribution is -2.03. The van der Waals surface area contributed by atoms with Gasteiger partial charge >= 0.3 is 0 Å². The van der Waals surface area contributed by atoms with Gasteiger partial charge < -0.3 is 0 Å². The summed E-state index contributed by atoms with van der Waals surface area (Å²) >= 11 is 3.63. The first-order chi connectivity index (χ1) is 5.77. The van der Waals surface area contributed by atoms with Crippen molar-refractivity contribution in [3.8, 4) is 0 Å². The molecule has 0 saturated carbocycles. The van der Waals surface area contributed by atoms with Gasteiger partial charge in [-0.15, -0.1) is 0 Å². The summed E-state index contributed by atoms with van der Waals surface area (Å²) in [4.78, 5) is 0. The molecule has 0 amide bonds. The Morgan fingerprint density at radius 3 is 2.75 bits per heavy atom. The zero-order valence-corrected chi connectivity index (χ0v) is 8.95. The Balaban J connectivity index is 2.53. The van der Waals surface area contributed by atoms with Crippen LogP contribution in [0.4, 0.5) is 0 Å². The Morgan fingerprint density at radius 1 is 1.17 bits per heavy atom. The number of benzene rings is 1. The summed E-state index contributed by atoms with van der Waals surface area (Å²) < 4.78 is 1.32. The molecule has 0 bridgehead atoms. The number of aryl methyl sites for hydroxylation is 2. The van der Waals surface area contributed by atoms with Crippen molar-refractivity contribution in [2.75, 3.05) is 0 Å². The van der Waals surface area contributed by atoms with Crippen LogP contribution in [0.15, 0.2) is 16.6 Å². The fourth-order valence-electron chi connectivity index (χ4n) is 1.96. The smallest absolute Gasteiger partial charge is 0.0212 e. The van der Waals surface area contributed by atoms with E-state index in [1.54, 1.807) is 11.1 Å². The van der Waals surface area contributed by atoms with Crippen molar-refractivity contribution in [3.05, 3.63) is 33.3 Å². The van der Waals surface area contributed by atoms with E-state index >= 15 is 0 Å². The van der Waals surface area contributed by atoms with Gasteiger partial charge in [0.2, 0.25) is 0 Å². The van der Waals surface area contributed by atoms with E-state index in [0.29, 0.717) is 0 Å². The second kappa shape index (κ2) is 3.21. The van der Waals surface area contributed by atoms with Crippen LogP contribution in [0.2, 0.25) is 0 Å². The van der Waals surface area contributed by atoms with Crippen molar-refractivity contribution in [2.45, 2.75) is 32.6 Å². The molecule has 1 aromatic rings. The Labute approximate surface area is 82.1 Å². The lowest BCUT2D eigenvalue weighted by Gasteiger charge is -2.17. The van der Waals surface area contributed by atoms with E-state index in [9.17, 15) is 0 Å². The number of hydrogen-bond donors (Lipinski definition) is 0. The van der Waals surface area contributed by atoms with Crippen molar-refractivity contribution in [3.63, 3.8) is 0 Å². The molecule has 0 aliphatic heterocycles. The van der Waals surface area contributed by atoms with Crippen molar-refractivity contribution in [2.24, 2.45) is 0 Å². The third-order valence-electron chi connectivity index (χ3n) is 2.56. The summed E-state index contributed by atoms with van der Waals surface area (Å²) in [5.41, 5.74) is 4.49. The van der Waals surface area contributed by atoms with Crippen molar-refractivity contribution in [1.29, 1.82) is 0 Å². The number of fused-ring (bicyclic) bond motifs is 1. The molecule has 0 fully saturated rings. The summed E-state index contributed by atoms with van der Waals surface area (Å²) in [5, 5.41) is 0. The quantitative estimate of drug-likeness (QED) is 0.632. The van der Waals surface area contributed by atoms with Gasteiger partial charge in [-0.05, 0) is 55.4 Å². The average Bonchev–Trinajstić information content (AvgIpc) is 2.04. The summed E-state index contributed by atoms with van der Waals surface area (Å²) in [5.74, 6) is 0. The molecule has 64 valence electrons. The standard InChI is InChI=1S/C11H13Br/c1-8-6-9-4-2-3-5-10(9)11(12)7-8/h6-7H,2-5H2,1H3. The Kier molecular flexibility index (Phi) is 2.22. The van der Waals surface area contributed by atoms with Crippen LogP contribution in [0.1, 0.15) is 29.5 Å². The summed E-state index contributed by atoms with van der Waals surface area (Å²) in [6, 6.07) is 4.56. The molecule has 1 heteroatoms. The zero-order valence-electron chi connectivity index (χ0n) is 7.36. The Bertz CT molecular complexity index is 302. The lowest BCUT2D eigenvalue weighted by atomic mass is 9.91. The summed E-state index contributed by atoms with van der Waals surface area (Å²) in [6.45, 7) is 2.17. The van der Waals surface area contributed by atoms with Crippen LogP contribution in [0.25, 0.3) is 0 Å². The van der Waals surface area contributed by atoms with E-state index in [4.69, 9.17) is 0 Å². The highest BCUT2D eigenvalue weighted by molar-refractivity contribution is 9.10. The predicted molar refractivity (Wildman–Crippen MR) is 55.5 cm³/mol. The normalized spacial score (nSPS) is 15.8. The Morgan fingerprint density at radius 2 is 1.92 bits per heavy atom. The third kappa shape index (κ3) is 1.42. The molecule has 0 aromatic heterocycles. The molecule has 12 heavy (non-hydrogen) atoms. The molecule has 1 aromatic carbocycles. The zero-order chi connectivity index (χ0) is 8.55. The van der Waals surface area contributed by atoms with E-state index < -0.39 is 0 Å².